The zero-order valence-electron chi connectivity index (χ0n) is 69.2. The van der Waals surface area contributed by atoms with E-state index in [4.69, 9.17) is 81.3 Å². The van der Waals surface area contributed by atoms with Crippen molar-refractivity contribution in [2.24, 2.45) is 10.8 Å². The second kappa shape index (κ2) is 43.6. The van der Waals surface area contributed by atoms with Gasteiger partial charge >= 0.3 is 24.4 Å². The third-order valence-electron chi connectivity index (χ3n) is 17.6. The number of pyridine rings is 3. The van der Waals surface area contributed by atoms with Crippen LogP contribution in [0, 0.1) is 51.4 Å². The normalized spacial score (nSPS) is 20.2. The number of alkyl halides is 8. The number of alkyl carbamates (subject to hydrolysis) is 4. The molecule has 4 aliphatic rings. The summed E-state index contributed by atoms with van der Waals surface area (Å²) in [6.07, 6.45) is 3.86. The molecule has 4 saturated carbocycles. The number of nitrogen functional groups attached to an aromatic ring is 1. The Balaban J connectivity index is 0.000000243. The van der Waals surface area contributed by atoms with Crippen molar-refractivity contribution in [3.8, 4) is 29.6 Å². The Morgan fingerprint density at radius 3 is 1.28 bits per heavy atom. The molecule has 5 heterocycles. The standard InChI is InChI=1S/C25H27F3N8O2.C17H20ClF3N4O2.C11H18F2N4O2.C11H20F2N2O2.C8H8N4.C6HCl2FN2/c1-24(2,3)38-23(37)33-19-8-5-9-25(27,28)20(19)34-22-18(26)12-15(14-29)21(35-22)32-16-6-4-7-17(13-16)36-30-10-11-31-36;1-16(2,3)27-15(26)23-11-5-4-6-17(20,21)12(11)24-14-10(19)7-9(8-22)13(18)25-14;1-10(2,3)19-9(18)15-7-5-4-6-11(12,13)8(7)16-17-14;1-10(2,3)17-9(16)15-7-5-4-6-11(12,13)8(7)14;9-7-2-1-3-8(6-7)12-10-4-5-11-12;7-5-3(2-10)1-4(9)6(8)11-5/h4,6-7,10-13,19-20H,5,8-9H2,1-3H3,(H,33,37)(H2,32,34,35);7,11-12H,4-6H2,1-3H3,(H,23,26)(H,24,25);7-8H,4-6H2,1-3H3,(H,15,18);7-8H,4-6,14H2,1-3H3,(H,15,16);1-6H,9H2;1H/t19-,20-;11-,12-;2*7-,8-;;/m0000../s1. The predicted octanol–water partition coefficient (Wildman–Crippen LogP) is 17.8. The molecule has 0 bridgehead atoms. The van der Waals surface area contributed by atoms with Gasteiger partial charge in [-0.2, -0.15) is 45.8 Å². The molecule has 8 atom stereocenters. The molecule has 4 fully saturated rings. The Kier molecular flexibility index (Phi) is 35.5. The largest absolute Gasteiger partial charge is 0.444 e. The molecule has 7 aromatic rings. The number of nitrogens with two attached hydrogens (primary N) is 2. The first-order valence-electron chi connectivity index (χ1n) is 38.2. The van der Waals surface area contributed by atoms with E-state index in [-0.39, 0.29) is 82.9 Å². The Morgan fingerprint density at radius 2 is 0.855 bits per heavy atom. The van der Waals surface area contributed by atoms with Crippen LogP contribution in [0.5, 0.6) is 0 Å². The van der Waals surface area contributed by atoms with Crippen LogP contribution in [0.25, 0.3) is 21.8 Å². The van der Waals surface area contributed by atoms with Gasteiger partial charge in [0.15, 0.2) is 40.1 Å². The number of nitrogens with one attached hydrogen (secondary N) is 7. The maximum Gasteiger partial charge on any atom is 0.407 e. The van der Waals surface area contributed by atoms with E-state index in [0.29, 0.717) is 36.3 Å². The van der Waals surface area contributed by atoms with Crippen molar-refractivity contribution in [2.45, 2.75) is 255 Å². The smallest absolute Gasteiger partial charge is 0.407 e. The molecule has 4 aliphatic carbocycles. The third-order valence-corrected chi connectivity index (χ3v) is 18.4. The van der Waals surface area contributed by atoms with Gasteiger partial charge in [-0.25, -0.2) is 82.4 Å². The summed E-state index contributed by atoms with van der Waals surface area (Å²) in [6.45, 7) is 20.1. The number of benzene rings is 2. The highest BCUT2D eigenvalue weighted by molar-refractivity contribution is 6.33. The molecule has 5 aromatic heterocycles. The van der Waals surface area contributed by atoms with Crippen molar-refractivity contribution in [3.63, 3.8) is 0 Å². The number of carbonyl (C=O) groups excluding carboxylic acids is 4. The lowest BCUT2D eigenvalue weighted by Gasteiger charge is -2.39. The summed E-state index contributed by atoms with van der Waals surface area (Å²) in [5, 5.41) is 62.6. The average Bonchev–Trinajstić information content (AvgIpc) is 0.801. The van der Waals surface area contributed by atoms with Gasteiger partial charge in [0.25, 0.3) is 23.7 Å². The molecular weight excluding hydrogens is 1720 g/mol. The molecule has 0 radical (unpaired) electrons. The van der Waals surface area contributed by atoms with Gasteiger partial charge in [-0.3, -0.25) is 0 Å². The highest BCUT2D eigenvalue weighted by Gasteiger charge is 2.52. The summed E-state index contributed by atoms with van der Waals surface area (Å²) >= 11 is 16.4. The molecule has 11 N–H and O–H groups in total. The highest BCUT2D eigenvalue weighted by atomic mass is 35.5. The predicted molar refractivity (Wildman–Crippen MR) is 436 cm³/mol. The molecule has 4 amide bonds. The lowest BCUT2D eigenvalue weighted by atomic mass is 9.87. The lowest BCUT2D eigenvalue weighted by Crippen LogP contribution is -2.59. The number of halogens is 14. The maximum atomic E-state index is 15.0. The number of rotatable bonds is 13. The minimum Gasteiger partial charge on any atom is -0.444 e. The number of carbonyl (C=O) groups is 4. The van der Waals surface area contributed by atoms with E-state index in [1.807, 2.05) is 30.3 Å². The first kappa shape index (κ1) is 101. The van der Waals surface area contributed by atoms with Crippen LogP contribution in [0.4, 0.5) is 96.3 Å². The zero-order valence-corrected chi connectivity index (χ0v) is 71.5. The van der Waals surface area contributed by atoms with Crippen LogP contribution in [0.3, 0.4) is 0 Å². The van der Waals surface area contributed by atoms with E-state index < -0.39 is 161 Å². The van der Waals surface area contributed by atoms with Gasteiger partial charge in [0.2, 0.25) is 0 Å². The van der Waals surface area contributed by atoms with Crippen molar-refractivity contribution < 1.29 is 86.4 Å². The molecule has 32 nitrogen and oxygen atoms in total. The first-order valence-corrected chi connectivity index (χ1v) is 39.4. The van der Waals surface area contributed by atoms with Crippen molar-refractivity contribution in [1.29, 1.82) is 15.8 Å². The SMILES string of the molecule is CC(C)(C)OC(=O)N[C@H]1CCCC(F)(F)[C@H]1N.CC(C)(C)OC(=O)N[C@H]1CCCC(F)(F)[C@H]1N=[N+]=[N-].CC(C)(C)OC(=O)N[C@H]1CCCC(F)(F)[C@H]1Nc1nc(Cl)c(C#N)cc1F.CC(C)(C)OC(=O)N[C@H]1CCCC(F)(F)[C@H]1Nc1nc(Nc2cccc(-n3nccn3)c2)c(C#N)cc1F.N#Cc1cc(F)c(Cl)nc1Cl.Nc1cccc(-n2nccn2)c1. The average molecular weight is 1810 g/mol. The second-order valence-corrected chi connectivity index (χ2v) is 33.3. The van der Waals surface area contributed by atoms with Gasteiger partial charge in [-0.1, -0.05) is 52.0 Å². The van der Waals surface area contributed by atoms with Gasteiger partial charge in [-0.05, 0) is 195 Å². The summed E-state index contributed by atoms with van der Waals surface area (Å²) < 4.78 is 175. The number of ether oxygens (including phenoxy) is 4. The number of hydrogen-bond donors (Lipinski definition) is 9. The lowest BCUT2D eigenvalue weighted by molar-refractivity contribution is -0.0636. The van der Waals surface area contributed by atoms with Crippen LogP contribution in [0.1, 0.15) is 177 Å². The van der Waals surface area contributed by atoms with Crippen molar-refractivity contribution in [3.05, 3.63) is 152 Å². The molecular formula is C78H94Cl3F11N24O8. The summed E-state index contributed by atoms with van der Waals surface area (Å²) in [5.41, 5.74) is 18.8. The number of nitriles is 3. The van der Waals surface area contributed by atoms with Crippen LogP contribution in [0.2, 0.25) is 15.5 Å². The van der Waals surface area contributed by atoms with E-state index in [1.165, 1.54) is 22.0 Å². The zero-order chi connectivity index (χ0) is 92.7. The van der Waals surface area contributed by atoms with Crippen LogP contribution < -0.4 is 48.7 Å². The van der Waals surface area contributed by atoms with Gasteiger partial charge in [-0.15, -0.1) is 0 Å². The Hall–Kier alpha value is -11.7. The number of aromatic nitrogens is 9. The van der Waals surface area contributed by atoms with Crippen LogP contribution >= 0.6 is 34.8 Å². The molecule has 0 spiro atoms. The monoisotopic (exact) mass is 1810 g/mol. The van der Waals surface area contributed by atoms with Crippen LogP contribution in [0.15, 0.2) is 96.6 Å². The molecule has 2 aromatic carbocycles. The summed E-state index contributed by atoms with van der Waals surface area (Å²) in [5.74, 6) is -16.3. The van der Waals surface area contributed by atoms with Crippen molar-refractivity contribution in [1.82, 2.24) is 66.2 Å². The summed E-state index contributed by atoms with van der Waals surface area (Å²) in [6, 6.07) is 12.2. The van der Waals surface area contributed by atoms with E-state index in [1.54, 1.807) is 132 Å². The molecule has 0 aliphatic heterocycles. The number of hydrogen-bond acceptors (Lipinski definition) is 24. The van der Waals surface area contributed by atoms with Crippen molar-refractivity contribution in [2.75, 3.05) is 21.7 Å². The maximum absolute atomic E-state index is 15.0. The fourth-order valence-corrected chi connectivity index (χ4v) is 12.8. The second-order valence-electron chi connectivity index (χ2n) is 32.3. The first-order chi connectivity index (χ1) is 57.7. The minimum atomic E-state index is -3.28. The molecule has 672 valence electrons. The van der Waals surface area contributed by atoms with E-state index >= 15 is 8.78 Å². The van der Waals surface area contributed by atoms with E-state index in [0.717, 1.165) is 23.9 Å². The summed E-state index contributed by atoms with van der Waals surface area (Å²) in [7, 11) is 0. The van der Waals surface area contributed by atoms with Gasteiger partial charge in [0.1, 0.15) is 69.0 Å². The number of nitrogens with zero attached hydrogens (tertiary/aromatic N) is 15. The van der Waals surface area contributed by atoms with Gasteiger partial charge in [0, 0.05) is 48.0 Å². The van der Waals surface area contributed by atoms with Crippen molar-refractivity contribution >= 4 is 88.0 Å². The quantitative estimate of drug-likeness (QED) is 0.00984. The van der Waals surface area contributed by atoms with Gasteiger partial charge < -0.3 is 67.6 Å². The summed E-state index contributed by atoms with van der Waals surface area (Å²) in [4.78, 5) is 63.8. The third kappa shape index (κ3) is 31.9. The fraction of sp³-hybridized carbons (Fsp3) is 0.513. The van der Waals surface area contributed by atoms with Crippen LogP contribution in [-0.2, 0) is 18.9 Å². The van der Waals surface area contributed by atoms with E-state index in [9.17, 15) is 64.0 Å². The number of amides is 4. The topological polar surface area (TPSA) is 462 Å². The molecule has 124 heavy (non-hydrogen) atoms. The minimum absolute atomic E-state index is 0.0198. The Bertz CT molecular complexity index is 4960. The molecule has 0 saturated heterocycles. The number of azide groups is 1. The van der Waals surface area contributed by atoms with Gasteiger partial charge in [0.05, 0.1) is 77.0 Å². The fourth-order valence-electron chi connectivity index (χ4n) is 12.2. The van der Waals surface area contributed by atoms with Crippen LogP contribution in [-0.4, -0.2) is 164 Å². The van der Waals surface area contributed by atoms with E-state index in [2.05, 4.69) is 82.6 Å². The Labute approximate surface area is 721 Å². The molecule has 11 rings (SSSR count). The Morgan fingerprint density at radius 1 is 0.492 bits per heavy atom. The molecule has 0 unspecified atom stereocenters. The number of anilines is 5. The molecule has 46 heteroatoms. The highest BCUT2D eigenvalue weighted by Crippen LogP contribution is 2.41.